The molecule has 5 N–H and O–H groups in total. The molecule has 0 aliphatic heterocycles. The number of hydrazine groups is 1. The summed E-state index contributed by atoms with van der Waals surface area (Å²) >= 11 is 0. The van der Waals surface area contributed by atoms with Gasteiger partial charge in [-0.2, -0.15) is 0 Å². The Labute approximate surface area is 147 Å². The first-order valence-electron chi connectivity index (χ1n) is 8.03. The third-order valence-electron chi connectivity index (χ3n) is 3.95. The van der Waals surface area contributed by atoms with Crippen molar-refractivity contribution in [2.75, 3.05) is 12.3 Å². The first-order valence-corrected chi connectivity index (χ1v) is 8.03. The van der Waals surface area contributed by atoms with Gasteiger partial charge in [-0.3, -0.25) is 14.6 Å². The van der Waals surface area contributed by atoms with Gasteiger partial charge in [0.1, 0.15) is 6.54 Å². The van der Waals surface area contributed by atoms with Crippen LogP contribution in [0.1, 0.15) is 32.6 Å². The minimum atomic E-state index is -0.477. The Morgan fingerprint density at radius 2 is 1.68 bits per heavy atom. The largest absolute Gasteiger partial charge is 0.398 e. The highest BCUT2D eigenvalue weighted by atomic mass is 16.2. The van der Waals surface area contributed by atoms with Gasteiger partial charge in [0, 0.05) is 12.2 Å². The maximum Gasteiger partial charge on any atom is 0.270 e. The summed E-state index contributed by atoms with van der Waals surface area (Å²) in [7, 11) is 0. The first-order chi connectivity index (χ1) is 11.8. The fourth-order valence-electron chi connectivity index (χ4n) is 2.50. The number of aryl methyl sites for hydroxylation is 3. The van der Waals surface area contributed by atoms with Gasteiger partial charge in [-0.25, -0.2) is 5.84 Å². The van der Waals surface area contributed by atoms with E-state index in [2.05, 4.69) is 5.32 Å². The molecule has 2 aromatic rings. The second-order valence-electron chi connectivity index (χ2n) is 6.24. The molecule has 0 saturated carbocycles. The lowest BCUT2D eigenvalue weighted by Gasteiger charge is -2.18. The highest BCUT2D eigenvalue weighted by Crippen LogP contribution is 2.20. The van der Waals surface area contributed by atoms with Gasteiger partial charge in [-0.1, -0.05) is 35.9 Å². The van der Waals surface area contributed by atoms with Crippen LogP contribution in [0, 0.1) is 20.8 Å². The van der Waals surface area contributed by atoms with Crippen LogP contribution in [0.2, 0.25) is 0 Å². The lowest BCUT2D eigenvalue weighted by Crippen LogP contribution is -2.45. The fourth-order valence-corrected chi connectivity index (χ4v) is 2.50. The van der Waals surface area contributed by atoms with E-state index < -0.39 is 5.91 Å². The number of hydrogen-bond donors (Lipinski definition) is 3. The number of nitrogens with two attached hydrogens (primary N) is 2. The van der Waals surface area contributed by atoms with E-state index in [0.717, 1.165) is 27.3 Å². The van der Waals surface area contributed by atoms with Gasteiger partial charge in [-0.05, 0) is 43.5 Å². The van der Waals surface area contributed by atoms with Crippen LogP contribution >= 0.6 is 0 Å². The summed E-state index contributed by atoms with van der Waals surface area (Å²) in [6.45, 7) is 5.84. The Balaban J connectivity index is 1.96. The van der Waals surface area contributed by atoms with Gasteiger partial charge in [0.05, 0.1) is 5.56 Å². The molecule has 2 rings (SSSR count). The van der Waals surface area contributed by atoms with Crippen LogP contribution in [0.4, 0.5) is 5.69 Å². The molecule has 0 fully saturated rings. The van der Waals surface area contributed by atoms with Gasteiger partial charge in [0.2, 0.25) is 5.91 Å². The average molecular weight is 340 g/mol. The summed E-state index contributed by atoms with van der Waals surface area (Å²) in [5, 5.41) is 3.63. The first kappa shape index (κ1) is 18.5. The van der Waals surface area contributed by atoms with E-state index in [1.807, 2.05) is 51.1 Å². The maximum absolute atomic E-state index is 12.5. The molecule has 0 saturated heterocycles. The fraction of sp³-hybridized carbons (Fsp3) is 0.263. The standard InChI is InChI=1S/C19H24N4O2/c1-12-4-6-15(7-5-12)10-22-17(24)11-23(21)19(25)16-9-13(2)8-14(3)18(16)20/h4-9H,10-11,20-21H2,1-3H3,(H,22,24). The molecule has 0 aromatic heterocycles. The third-order valence-corrected chi connectivity index (χ3v) is 3.95. The molecule has 2 aromatic carbocycles. The minimum absolute atomic E-state index is 0.239. The zero-order valence-corrected chi connectivity index (χ0v) is 14.8. The zero-order valence-electron chi connectivity index (χ0n) is 14.8. The lowest BCUT2D eigenvalue weighted by molar-refractivity contribution is -0.122. The van der Waals surface area contributed by atoms with Gasteiger partial charge in [0.15, 0.2) is 0 Å². The Bertz CT molecular complexity index is 785. The summed E-state index contributed by atoms with van der Waals surface area (Å²) in [6.07, 6.45) is 0. The summed E-state index contributed by atoms with van der Waals surface area (Å²) in [6, 6.07) is 11.4. The monoisotopic (exact) mass is 340 g/mol. The molecule has 0 aliphatic carbocycles. The van der Waals surface area contributed by atoms with Crippen molar-refractivity contribution in [2.45, 2.75) is 27.3 Å². The molecule has 0 heterocycles. The van der Waals surface area contributed by atoms with Crippen molar-refractivity contribution >= 4 is 17.5 Å². The van der Waals surface area contributed by atoms with Crippen LogP contribution in [0.5, 0.6) is 0 Å². The van der Waals surface area contributed by atoms with Crippen molar-refractivity contribution in [3.63, 3.8) is 0 Å². The molecule has 2 amide bonds. The Hall–Kier alpha value is -2.86. The molecule has 0 spiro atoms. The van der Waals surface area contributed by atoms with Crippen molar-refractivity contribution < 1.29 is 9.59 Å². The normalized spacial score (nSPS) is 10.4. The summed E-state index contributed by atoms with van der Waals surface area (Å²) in [5.41, 5.74) is 10.5. The van der Waals surface area contributed by atoms with E-state index in [1.165, 1.54) is 0 Å². The van der Waals surface area contributed by atoms with E-state index in [-0.39, 0.29) is 12.5 Å². The van der Waals surface area contributed by atoms with Crippen LogP contribution in [0.3, 0.4) is 0 Å². The smallest absolute Gasteiger partial charge is 0.270 e. The number of rotatable bonds is 5. The van der Waals surface area contributed by atoms with E-state index in [9.17, 15) is 9.59 Å². The Kier molecular flexibility index (Phi) is 5.77. The van der Waals surface area contributed by atoms with Gasteiger partial charge >= 0.3 is 0 Å². The molecular formula is C19H24N4O2. The molecule has 25 heavy (non-hydrogen) atoms. The van der Waals surface area contributed by atoms with Crippen molar-refractivity contribution in [3.05, 3.63) is 64.2 Å². The van der Waals surface area contributed by atoms with Crippen LogP contribution in [0.15, 0.2) is 36.4 Å². The summed E-state index contributed by atoms with van der Waals surface area (Å²) < 4.78 is 0. The number of nitrogens with zero attached hydrogens (tertiary/aromatic N) is 1. The SMILES string of the molecule is Cc1ccc(CNC(=O)CN(N)C(=O)c2cc(C)cc(C)c2N)cc1. The number of amides is 2. The van der Waals surface area contributed by atoms with E-state index in [4.69, 9.17) is 11.6 Å². The number of benzene rings is 2. The van der Waals surface area contributed by atoms with Crippen LogP contribution in [-0.4, -0.2) is 23.4 Å². The van der Waals surface area contributed by atoms with Crippen molar-refractivity contribution in [1.29, 1.82) is 0 Å². The van der Waals surface area contributed by atoms with Crippen LogP contribution < -0.4 is 16.9 Å². The Morgan fingerprint density at radius 1 is 1.04 bits per heavy atom. The summed E-state index contributed by atoms with van der Waals surface area (Å²) in [5.74, 6) is 4.96. The molecule has 0 aliphatic rings. The van der Waals surface area contributed by atoms with E-state index >= 15 is 0 Å². The highest BCUT2D eigenvalue weighted by Gasteiger charge is 2.19. The van der Waals surface area contributed by atoms with E-state index in [1.54, 1.807) is 6.07 Å². The minimum Gasteiger partial charge on any atom is -0.398 e. The second-order valence-corrected chi connectivity index (χ2v) is 6.24. The molecule has 132 valence electrons. The molecule has 6 heteroatoms. The molecule has 0 atom stereocenters. The number of nitrogens with one attached hydrogen (secondary N) is 1. The average Bonchev–Trinajstić information content (AvgIpc) is 2.57. The summed E-state index contributed by atoms with van der Waals surface area (Å²) in [4.78, 5) is 24.5. The van der Waals surface area contributed by atoms with Crippen LogP contribution in [0.25, 0.3) is 0 Å². The molecule has 6 nitrogen and oxygen atoms in total. The number of carbonyl (C=O) groups excluding carboxylic acids is 2. The number of carbonyl (C=O) groups is 2. The van der Waals surface area contributed by atoms with Gasteiger partial charge < -0.3 is 11.1 Å². The zero-order chi connectivity index (χ0) is 18.6. The maximum atomic E-state index is 12.5. The van der Waals surface area contributed by atoms with E-state index in [0.29, 0.717) is 17.8 Å². The number of anilines is 1. The quantitative estimate of drug-likeness (QED) is 0.334. The molecular weight excluding hydrogens is 316 g/mol. The van der Waals surface area contributed by atoms with Crippen LogP contribution in [-0.2, 0) is 11.3 Å². The topological polar surface area (TPSA) is 101 Å². The van der Waals surface area contributed by atoms with Crippen molar-refractivity contribution in [3.8, 4) is 0 Å². The molecule has 0 unspecified atom stereocenters. The predicted octanol–water partition coefficient (Wildman–Crippen LogP) is 1.83. The van der Waals surface area contributed by atoms with Gasteiger partial charge in [-0.15, -0.1) is 0 Å². The lowest BCUT2D eigenvalue weighted by atomic mass is 10.0. The van der Waals surface area contributed by atoms with Gasteiger partial charge in [0.25, 0.3) is 5.91 Å². The molecule has 0 bridgehead atoms. The Morgan fingerprint density at radius 3 is 2.32 bits per heavy atom. The molecule has 0 radical (unpaired) electrons. The van der Waals surface area contributed by atoms with Crippen molar-refractivity contribution in [2.24, 2.45) is 5.84 Å². The predicted molar refractivity (Wildman–Crippen MR) is 98.6 cm³/mol. The second kappa shape index (κ2) is 7.81. The van der Waals surface area contributed by atoms with Crippen molar-refractivity contribution in [1.82, 2.24) is 10.3 Å². The number of hydrogen-bond acceptors (Lipinski definition) is 4. The third kappa shape index (κ3) is 4.81. The highest BCUT2D eigenvalue weighted by molar-refractivity contribution is 6.01. The number of nitrogen functional groups attached to an aromatic ring is 1.